The molecular formula is C5H9NO2. The Morgan fingerprint density at radius 2 is 2.62 bits per heavy atom. The molecule has 0 aliphatic carbocycles. The average molecular weight is 115 g/mol. The quantitative estimate of drug-likeness (QED) is 0.494. The summed E-state index contributed by atoms with van der Waals surface area (Å²) in [7, 11) is 1.63. The van der Waals surface area contributed by atoms with Gasteiger partial charge in [-0.15, -0.1) is 0 Å². The van der Waals surface area contributed by atoms with Gasteiger partial charge in [0.2, 0.25) is 5.91 Å². The van der Waals surface area contributed by atoms with Crippen molar-refractivity contribution >= 4 is 5.91 Å². The number of hydrogen-bond donors (Lipinski definition) is 1. The molecule has 0 aromatic rings. The van der Waals surface area contributed by atoms with E-state index in [4.69, 9.17) is 4.74 Å². The summed E-state index contributed by atoms with van der Waals surface area (Å²) in [6, 6.07) is 0. The van der Waals surface area contributed by atoms with Crippen molar-refractivity contribution in [2.75, 3.05) is 13.7 Å². The highest BCUT2D eigenvalue weighted by atomic mass is 16.6. The van der Waals surface area contributed by atoms with Crippen LogP contribution in [0.1, 0.15) is 6.42 Å². The second-order valence-corrected chi connectivity index (χ2v) is 1.83. The molecule has 1 heterocycles. The molecule has 1 aliphatic rings. The lowest BCUT2D eigenvalue weighted by Crippen LogP contribution is -2.19. The van der Waals surface area contributed by atoms with Gasteiger partial charge in [0.15, 0.2) is 0 Å². The predicted octanol–water partition coefficient (Wildman–Crippen LogP) is -0.479. The lowest BCUT2D eigenvalue weighted by Gasteiger charge is -1.91. The van der Waals surface area contributed by atoms with Gasteiger partial charge in [-0.2, -0.15) is 0 Å². The van der Waals surface area contributed by atoms with Gasteiger partial charge in [-0.25, -0.2) is 0 Å². The molecule has 1 amide bonds. The normalized spacial score (nSPS) is 24.9. The fraction of sp³-hybridized carbons (Fsp3) is 0.800. The van der Waals surface area contributed by atoms with Gasteiger partial charge < -0.3 is 10.1 Å². The van der Waals surface area contributed by atoms with Crippen LogP contribution in [0.4, 0.5) is 0 Å². The van der Waals surface area contributed by atoms with Crippen molar-refractivity contribution in [2.45, 2.75) is 12.5 Å². The Hall–Kier alpha value is -0.570. The van der Waals surface area contributed by atoms with Gasteiger partial charge in [0, 0.05) is 7.05 Å². The van der Waals surface area contributed by atoms with Gasteiger partial charge in [0.1, 0.15) is 0 Å². The molecule has 1 atom stereocenters. The molecule has 0 saturated carbocycles. The Morgan fingerprint density at radius 1 is 2.00 bits per heavy atom. The number of nitrogens with one attached hydrogen (secondary N) is 1. The van der Waals surface area contributed by atoms with Gasteiger partial charge in [0.05, 0.1) is 19.1 Å². The summed E-state index contributed by atoms with van der Waals surface area (Å²) >= 11 is 0. The second kappa shape index (κ2) is 2.13. The average Bonchev–Trinajstić information content (AvgIpc) is 2.50. The third-order valence-corrected chi connectivity index (χ3v) is 1.09. The molecule has 3 nitrogen and oxygen atoms in total. The van der Waals surface area contributed by atoms with Crippen LogP contribution >= 0.6 is 0 Å². The van der Waals surface area contributed by atoms with Crippen molar-refractivity contribution < 1.29 is 9.53 Å². The van der Waals surface area contributed by atoms with Crippen LogP contribution in [-0.2, 0) is 9.53 Å². The molecule has 0 aromatic heterocycles. The third kappa shape index (κ3) is 1.50. The van der Waals surface area contributed by atoms with Crippen LogP contribution in [0, 0.1) is 0 Å². The minimum atomic E-state index is 0.0625. The number of amides is 1. The molecule has 0 radical (unpaired) electrons. The van der Waals surface area contributed by atoms with E-state index in [9.17, 15) is 4.79 Å². The highest BCUT2D eigenvalue weighted by Crippen LogP contribution is 2.12. The molecule has 46 valence electrons. The lowest BCUT2D eigenvalue weighted by molar-refractivity contribution is -0.120. The topological polar surface area (TPSA) is 41.6 Å². The maximum absolute atomic E-state index is 10.5. The van der Waals surface area contributed by atoms with Gasteiger partial charge in [0.25, 0.3) is 0 Å². The second-order valence-electron chi connectivity index (χ2n) is 1.83. The molecule has 3 heteroatoms. The summed E-state index contributed by atoms with van der Waals surface area (Å²) in [5, 5.41) is 2.52. The Labute approximate surface area is 48.0 Å². The van der Waals surface area contributed by atoms with Crippen molar-refractivity contribution in [3.63, 3.8) is 0 Å². The molecule has 8 heavy (non-hydrogen) atoms. The molecule has 1 N–H and O–H groups in total. The maximum atomic E-state index is 10.5. The Balaban J connectivity index is 2.07. The van der Waals surface area contributed by atoms with E-state index in [1.165, 1.54) is 0 Å². The number of hydrogen-bond acceptors (Lipinski definition) is 2. The Morgan fingerprint density at radius 3 is 3.00 bits per heavy atom. The summed E-state index contributed by atoms with van der Waals surface area (Å²) in [6.45, 7) is 0.757. The van der Waals surface area contributed by atoms with Crippen LogP contribution in [0.3, 0.4) is 0 Å². The fourth-order valence-corrected chi connectivity index (χ4v) is 0.495. The van der Waals surface area contributed by atoms with Crippen molar-refractivity contribution in [3.05, 3.63) is 0 Å². The first-order valence-corrected chi connectivity index (χ1v) is 2.65. The summed E-state index contributed by atoms with van der Waals surface area (Å²) < 4.78 is 4.82. The van der Waals surface area contributed by atoms with E-state index in [0.717, 1.165) is 6.61 Å². The van der Waals surface area contributed by atoms with E-state index in [2.05, 4.69) is 5.32 Å². The number of rotatable bonds is 2. The monoisotopic (exact) mass is 115 g/mol. The van der Waals surface area contributed by atoms with Gasteiger partial charge in [-0.3, -0.25) is 4.79 Å². The highest BCUT2D eigenvalue weighted by Gasteiger charge is 2.24. The molecule has 1 unspecified atom stereocenters. The van der Waals surface area contributed by atoms with E-state index < -0.39 is 0 Å². The van der Waals surface area contributed by atoms with Crippen LogP contribution in [0.5, 0.6) is 0 Å². The maximum Gasteiger partial charge on any atom is 0.222 e. The fourth-order valence-electron chi connectivity index (χ4n) is 0.495. The first-order chi connectivity index (χ1) is 3.83. The van der Waals surface area contributed by atoms with Crippen molar-refractivity contribution in [1.29, 1.82) is 0 Å². The van der Waals surface area contributed by atoms with Crippen LogP contribution in [0.2, 0.25) is 0 Å². The minimum absolute atomic E-state index is 0.0625. The van der Waals surface area contributed by atoms with Gasteiger partial charge in [-0.1, -0.05) is 0 Å². The third-order valence-electron chi connectivity index (χ3n) is 1.09. The first kappa shape index (κ1) is 5.56. The number of ether oxygens (including phenoxy) is 1. The zero-order valence-corrected chi connectivity index (χ0v) is 4.81. The van der Waals surface area contributed by atoms with Crippen molar-refractivity contribution in [3.8, 4) is 0 Å². The highest BCUT2D eigenvalue weighted by molar-refractivity contribution is 5.76. The predicted molar refractivity (Wildman–Crippen MR) is 28.4 cm³/mol. The zero-order valence-electron chi connectivity index (χ0n) is 4.81. The van der Waals surface area contributed by atoms with E-state index in [1.807, 2.05) is 0 Å². The smallest absolute Gasteiger partial charge is 0.222 e. The molecule has 1 rings (SSSR count). The zero-order chi connectivity index (χ0) is 5.98. The molecule has 1 aliphatic heterocycles. The molecule has 0 spiro atoms. The first-order valence-electron chi connectivity index (χ1n) is 2.65. The summed E-state index contributed by atoms with van der Waals surface area (Å²) in [4.78, 5) is 10.5. The van der Waals surface area contributed by atoms with E-state index in [-0.39, 0.29) is 12.0 Å². The van der Waals surface area contributed by atoms with Crippen LogP contribution < -0.4 is 5.32 Å². The Kier molecular flexibility index (Phi) is 1.48. The van der Waals surface area contributed by atoms with E-state index in [0.29, 0.717) is 6.42 Å². The van der Waals surface area contributed by atoms with Crippen molar-refractivity contribution in [1.82, 2.24) is 5.32 Å². The molecule has 1 fully saturated rings. The summed E-state index contributed by atoms with van der Waals surface area (Å²) in [6.07, 6.45) is 0.742. The molecule has 0 bridgehead atoms. The summed E-state index contributed by atoms with van der Waals surface area (Å²) in [5.74, 6) is 0.0625. The molecular weight excluding hydrogens is 106 g/mol. The van der Waals surface area contributed by atoms with Crippen molar-refractivity contribution in [2.24, 2.45) is 0 Å². The number of carbonyl (C=O) groups excluding carboxylic acids is 1. The standard InChI is InChI=1S/C5H9NO2/c1-6-5(7)2-4-3-8-4/h4H,2-3H2,1H3,(H,6,7). The molecule has 0 aromatic carbocycles. The number of epoxide rings is 1. The van der Waals surface area contributed by atoms with Gasteiger partial charge in [-0.05, 0) is 0 Å². The van der Waals surface area contributed by atoms with Crippen LogP contribution in [-0.4, -0.2) is 25.7 Å². The van der Waals surface area contributed by atoms with E-state index in [1.54, 1.807) is 7.05 Å². The lowest BCUT2D eigenvalue weighted by atomic mass is 10.3. The van der Waals surface area contributed by atoms with E-state index >= 15 is 0 Å². The SMILES string of the molecule is CNC(=O)CC1CO1. The molecule has 1 saturated heterocycles. The van der Waals surface area contributed by atoms with Gasteiger partial charge >= 0.3 is 0 Å². The summed E-state index contributed by atoms with van der Waals surface area (Å²) in [5.41, 5.74) is 0. The van der Waals surface area contributed by atoms with Crippen LogP contribution in [0.25, 0.3) is 0 Å². The Bertz CT molecular complexity index is 98.6. The van der Waals surface area contributed by atoms with Crippen LogP contribution in [0.15, 0.2) is 0 Å². The number of carbonyl (C=O) groups is 1. The minimum Gasteiger partial charge on any atom is -0.373 e. The largest absolute Gasteiger partial charge is 0.373 e.